The second-order valence-electron chi connectivity index (χ2n) is 5.56. The molecule has 0 aliphatic carbocycles. The molecule has 1 amide bonds. The lowest BCUT2D eigenvalue weighted by atomic mass is 9.94. The molecule has 1 aromatic carbocycles. The Hall–Kier alpha value is -1.71. The van der Waals surface area contributed by atoms with E-state index in [0.717, 1.165) is 5.56 Å². The topological polar surface area (TPSA) is 38.8 Å². The molecule has 4 heteroatoms. The molecule has 0 saturated carbocycles. The normalized spacial score (nSPS) is 11.1. The van der Waals surface area contributed by atoms with Gasteiger partial charge in [0.1, 0.15) is 0 Å². The van der Waals surface area contributed by atoms with Crippen LogP contribution in [-0.2, 0) is 11.3 Å². The molecule has 0 fully saturated rings. The number of amides is 1. The second-order valence-corrected chi connectivity index (χ2v) is 5.56. The number of rotatable bonds is 4. The van der Waals surface area contributed by atoms with Crippen LogP contribution in [0.3, 0.4) is 0 Å². The van der Waals surface area contributed by atoms with E-state index in [0.29, 0.717) is 18.0 Å². The number of methoxy groups -OCH3 is 2. The number of carbonyl (C=O) groups excluding carboxylic acids is 1. The van der Waals surface area contributed by atoms with Crippen molar-refractivity contribution in [1.29, 1.82) is 0 Å². The zero-order valence-electron chi connectivity index (χ0n) is 12.6. The Morgan fingerprint density at radius 2 is 1.84 bits per heavy atom. The first-order chi connectivity index (χ1) is 8.81. The van der Waals surface area contributed by atoms with E-state index in [1.54, 1.807) is 26.2 Å². The number of hydrogen-bond donors (Lipinski definition) is 0. The van der Waals surface area contributed by atoms with Gasteiger partial charge in [-0.2, -0.15) is 0 Å². The fraction of sp³-hybridized carbons (Fsp3) is 0.533. The first-order valence-corrected chi connectivity index (χ1v) is 6.26. The van der Waals surface area contributed by atoms with E-state index in [2.05, 4.69) is 0 Å². The third-order valence-corrected chi connectivity index (χ3v) is 2.88. The van der Waals surface area contributed by atoms with Crippen molar-refractivity contribution >= 4 is 5.91 Å². The lowest BCUT2D eigenvalue weighted by Crippen LogP contribution is -2.36. The van der Waals surface area contributed by atoms with Crippen molar-refractivity contribution in [2.45, 2.75) is 27.3 Å². The molecule has 0 spiro atoms. The summed E-state index contributed by atoms with van der Waals surface area (Å²) in [6.07, 6.45) is 0. The number of ether oxygens (including phenoxy) is 2. The average molecular weight is 265 g/mol. The zero-order valence-corrected chi connectivity index (χ0v) is 12.6. The Bertz CT molecular complexity index is 449. The highest BCUT2D eigenvalue weighted by molar-refractivity contribution is 5.81. The van der Waals surface area contributed by atoms with E-state index < -0.39 is 0 Å². The van der Waals surface area contributed by atoms with Gasteiger partial charge in [0.25, 0.3) is 0 Å². The molecule has 0 unspecified atom stereocenters. The monoisotopic (exact) mass is 265 g/mol. The van der Waals surface area contributed by atoms with Crippen LogP contribution >= 0.6 is 0 Å². The largest absolute Gasteiger partial charge is 0.493 e. The van der Waals surface area contributed by atoms with E-state index in [-0.39, 0.29) is 11.3 Å². The predicted octanol–water partition coefficient (Wildman–Crippen LogP) is 2.71. The smallest absolute Gasteiger partial charge is 0.227 e. The van der Waals surface area contributed by atoms with Gasteiger partial charge < -0.3 is 14.4 Å². The number of hydrogen-bond acceptors (Lipinski definition) is 3. The molecule has 0 N–H and O–H groups in total. The van der Waals surface area contributed by atoms with Crippen LogP contribution in [0.5, 0.6) is 11.5 Å². The highest BCUT2D eigenvalue weighted by Crippen LogP contribution is 2.31. The van der Waals surface area contributed by atoms with Gasteiger partial charge >= 0.3 is 0 Å². The van der Waals surface area contributed by atoms with E-state index in [1.807, 2.05) is 39.0 Å². The Morgan fingerprint density at radius 3 is 2.32 bits per heavy atom. The summed E-state index contributed by atoms with van der Waals surface area (Å²) in [5.41, 5.74) is 0.544. The van der Waals surface area contributed by atoms with E-state index in [9.17, 15) is 4.79 Å². The van der Waals surface area contributed by atoms with Crippen LogP contribution in [0.2, 0.25) is 0 Å². The minimum atomic E-state index is -0.388. The van der Waals surface area contributed by atoms with Crippen molar-refractivity contribution in [2.24, 2.45) is 5.41 Å². The maximum Gasteiger partial charge on any atom is 0.227 e. The first kappa shape index (κ1) is 15.3. The lowest BCUT2D eigenvalue weighted by molar-refractivity contribution is -0.138. The molecule has 0 radical (unpaired) electrons. The maximum absolute atomic E-state index is 12.2. The minimum absolute atomic E-state index is 0.0948. The van der Waals surface area contributed by atoms with E-state index in [4.69, 9.17) is 9.47 Å². The predicted molar refractivity (Wildman–Crippen MR) is 75.5 cm³/mol. The average Bonchev–Trinajstić information content (AvgIpc) is 2.36. The molecule has 0 atom stereocenters. The van der Waals surface area contributed by atoms with E-state index in [1.165, 1.54) is 0 Å². The summed E-state index contributed by atoms with van der Waals surface area (Å²) < 4.78 is 10.6. The molecule has 0 bridgehead atoms. The summed E-state index contributed by atoms with van der Waals surface area (Å²) in [4.78, 5) is 13.9. The molecule has 4 nitrogen and oxygen atoms in total. The molecule has 0 aromatic heterocycles. The Kier molecular flexibility index (Phi) is 4.81. The summed E-state index contributed by atoms with van der Waals surface area (Å²) in [6, 6.07) is 5.67. The molecular weight excluding hydrogens is 242 g/mol. The third-order valence-electron chi connectivity index (χ3n) is 2.88. The molecule has 106 valence electrons. The number of carbonyl (C=O) groups is 1. The highest BCUT2D eigenvalue weighted by atomic mass is 16.5. The van der Waals surface area contributed by atoms with Gasteiger partial charge in [-0.15, -0.1) is 0 Å². The van der Waals surface area contributed by atoms with Crippen LogP contribution in [-0.4, -0.2) is 32.1 Å². The van der Waals surface area contributed by atoms with Gasteiger partial charge in [0.2, 0.25) is 5.91 Å². The Morgan fingerprint density at radius 1 is 1.21 bits per heavy atom. The summed E-state index contributed by atoms with van der Waals surface area (Å²) in [5.74, 6) is 1.45. The van der Waals surface area contributed by atoms with Crippen molar-refractivity contribution in [3.8, 4) is 11.5 Å². The van der Waals surface area contributed by atoms with Gasteiger partial charge in [-0.1, -0.05) is 32.9 Å². The van der Waals surface area contributed by atoms with Crippen LogP contribution < -0.4 is 9.47 Å². The lowest BCUT2D eigenvalue weighted by Gasteiger charge is -2.26. The molecule has 19 heavy (non-hydrogen) atoms. The second kappa shape index (κ2) is 5.95. The summed E-state index contributed by atoms with van der Waals surface area (Å²) in [7, 11) is 5.01. The van der Waals surface area contributed by atoms with Crippen LogP contribution in [0, 0.1) is 5.41 Å². The summed E-state index contributed by atoms with van der Waals surface area (Å²) >= 11 is 0. The van der Waals surface area contributed by atoms with Crippen molar-refractivity contribution in [1.82, 2.24) is 4.90 Å². The van der Waals surface area contributed by atoms with Crippen molar-refractivity contribution < 1.29 is 14.3 Å². The number of para-hydroxylation sites is 1. The van der Waals surface area contributed by atoms with Crippen molar-refractivity contribution in [3.05, 3.63) is 23.8 Å². The van der Waals surface area contributed by atoms with Crippen LogP contribution in [0.4, 0.5) is 0 Å². The van der Waals surface area contributed by atoms with Crippen LogP contribution in [0.1, 0.15) is 26.3 Å². The molecule has 1 rings (SSSR count). The minimum Gasteiger partial charge on any atom is -0.493 e. The van der Waals surface area contributed by atoms with Gasteiger partial charge in [-0.05, 0) is 6.07 Å². The fourth-order valence-electron chi connectivity index (χ4n) is 1.98. The van der Waals surface area contributed by atoms with Gasteiger partial charge in [0, 0.05) is 24.6 Å². The quantitative estimate of drug-likeness (QED) is 0.840. The molecular formula is C15H23NO3. The summed E-state index contributed by atoms with van der Waals surface area (Å²) in [6.45, 7) is 6.23. The molecule has 0 saturated heterocycles. The Balaban J connectivity index is 2.97. The molecule has 0 heterocycles. The number of benzene rings is 1. The first-order valence-electron chi connectivity index (χ1n) is 6.26. The van der Waals surface area contributed by atoms with Crippen molar-refractivity contribution in [2.75, 3.05) is 21.3 Å². The van der Waals surface area contributed by atoms with Gasteiger partial charge in [-0.3, -0.25) is 4.79 Å². The van der Waals surface area contributed by atoms with E-state index >= 15 is 0 Å². The fourth-order valence-corrected chi connectivity index (χ4v) is 1.98. The SMILES string of the molecule is COc1cccc(CN(C)C(=O)C(C)(C)C)c1OC. The van der Waals surface area contributed by atoms with Gasteiger partial charge in [-0.25, -0.2) is 0 Å². The van der Waals surface area contributed by atoms with Gasteiger partial charge in [0.05, 0.1) is 14.2 Å². The van der Waals surface area contributed by atoms with Crippen LogP contribution in [0.15, 0.2) is 18.2 Å². The molecule has 0 aliphatic heterocycles. The van der Waals surface area contributed by atoms with Crippen LogP contribution in [0.25, 0.3) is 0 Å². The number of nitrogens with zero attached hydrogens (tertiary/aromatic N) is 1. The molecule has 1 aromatic rings. The standard InChI is InChI=1S/C15H23NO3/c1-15(2,3)14(17)16(4)10-11-8-7-9-12(18-5)13(11)19-6/h7-9H,10H2,1-6H3. The third kappa shape index (κ3) is 3.63. The van der Waals surface area contributed by atoms with Crippen molar-refractivity contribution in [3.63, 3.8) is 0 Å². The highest BCUT2D eigenvalue weighted by Gasteiger charge is 2.25. The summed E-state index contributed by atoms with van der Waals surface area (Å²) in [5, 5.41) is 0. The Labute approximate surface area is 115 Å². The molecule has 0 aliphatic rings. The van der Waals surface area contributed by atoms with Gasteiger partial charge in [0.15, 0.2) is 11.5 Å². The zero-order chi connectivity index (χ0) is 14.6. The maximum atomic E-state index is 12.2.